The van der Waals surface area contributed by atoms with E-state index < -0.39 is 17.8 Å². The Balaban J connectivity index is 0.000000980. The molecular weight excluding hydrogens is 208 g/mol. The van der Waals surface area contributed by atoms with Gasteiger partial charge in [0.25, 0.3) is 5.92 Å². The molecule has 2 N–H and O–H groups in total. The number of alkyl halides is 2. The van der Waals surface area contributed by atoms with E-state index in [9.17, 15) is 8.78 Å². The smallest absolute Gasteiger partial charge is 0.260 e. The highest BCUT2D eigenvalue weighted by molar-refractivity contribution is 5.85. The van der Waals surface area contributed by atoms with E-state index in [-0.39, 0.29) is 19.0 Å². The van der Waals surface area contributed by atoms with Gasteiger partial charge in [-0.3, -0.25) is 0 Å². The molecule has 0 aromatic heterocycles. The molecule has 2 unspecified atom stereocenters. The molecule has 0 aliphatic heterocycles. The van der Waals surface area contributed by atoms with Crippen LogP contribution in [0.4, 0.5) is 8.78 Å². The van der Waals surface area contributed by atoms with Gasteiger partial charge >= 0.3 is 0 Å². The number of hydrogen-bond acceptors (Lipinski definition) is 1. The number of halogens is 3. The van der Waals surface area contributed by atoms with Crippen molar-refractivity contribution in [3.63, 3.8) is 0 Å². The Morgan fingerprint density at radius 3 is 2.21 bits per heavy atom. The summed E-state index contributed by atoms with van der Waals surface area (Å²) in [5, 5.41) is 0. The molecule has 2 atom stereocenters. The first-order chi connectivity index (χ1) is 6.18. The highest BCUT2D eigenvalue weighted by atomic mass is 35.5. The van der Waals surface area contributed by atoms with Gasteiger partial charge in [0.05, 0.1) is 5.92 Å². The van der Waals surface area contributed by atoms with Crippen molar-refractivity contribution in [3.05, 3.63) is 35.9 Å². The van der Waals surface area contributed by atoms with Crippen molar-refractivity contribution in [1.29, 1.82) is 0 Å². The van der Waals surface area contributed by atoms with Gasteiger partial charge in [0.15, 0.2) is 0 Å². The number of rotatable bonds is 2. The maximum atomic E-state index is 13.1. The van der Waals surface area contributed by atoms with Crippen molar-refractivity contribution in [2.75, 3.05) is 6.54 Å². The van der Waals surface area contributed by atoms with Crippen LogP contribution in [0.2, 0.25) is 0 Å². The van der Waals surface area contributed by atoms with Crippen LogP contribution >= 0.6 is 12.4 Å². The lowest BCUT2D eigenvalue weighted by Crippen LogP contribution is -2.06. The minimum atomic E-state index is -2.59. The molecular formula is C10H12ClF2N. The van der Waals surface area contributed by atoms with E-state index in [2.05, 4.69) is 0 Å². The standard InChI is InChI=1S/C10H11F2N.ClH/c11-10(12)8(6-13)9(10)7-4-2-1-3-5-7;/h1-5,8-9H,6,13H2;1H. The third-order valence-electron chi connectivity index (χ3n) is 2.61. The molecule has 0 saturated heterocycles. The van der Waals surface area contributed by atoms with Crippen LogP contribution < -0.4 is 5.73 Å². The Hall–Kier alpha value is -0.670. The van der Waals surface area contributed by atoms with Crippen LogP contribution in [0.25, 0.3) is 0 Å². The molecule has 78 valence electrons. The van der Waals surface area contributed by atoms with Crippen molar-refractivity contribution in [2.45, 2.75) is 11.8 Å². The quantitative estimate of drug-likeness (QED) is 0.812. The molecule has 1 aromatic carbocycles. The van der Waals surface area contributed by atoms with E-state index in [0.29, 0.717) is 5.56 Å². The summed E-state index contributed by atoms with van der Waals surface area (Å²) >= 11 is 0. The molecule has 0 spiro atoms. The van der Waals surface area contributed by atoms with Crippen LogP contribution in [0.1, 0.15) is 11.5 Å². The SMILES string of the molecule is Cl.NCC1C(c2ccccc2)C1(F)F. The van der Waals surface area contributed by atoms with Gasteiger partial charge in [-0.15, -0.1) is 12.4 Å². The first kappa shape index (κ1) is 11.4. The Morgan fingerprint density at radius 1 is 1.21 bits per heavy atom. The zero-order chi connectivity index (χ0) is 9.47. The average molecular weight is 220 g/mol. The number of nitrogens with two attached hydrogens (primary N) is 1. The lowest BCUT2D eigenvalue weighted by atomic mass is 10.1. The first-order valence-electron chi connectivity index (χ1n) is 4.30. The second kappa shape index (κ2) is 3.83. The van der Waals surface area contributed by atoms with Gasteiger partial charge in [-0.05, 0) is 5.56 Å². The highest BCUT2D eigenvalue weighted by Gasteiger charge is 2.67. The normalized spacial score (nSPS) is 27.9. The van der Waals surface area contributed by atoms with Crippen molar-refractivity contribution >= 4 is 12.4 Å². The van der Waals surface area contributed by atoms with Gasteiger partial charge in [-0.1, -0.05) is 30.3 Å². The Bertz CT molecular complexity index is 302. The molecule has 1 saturated carbocycles. The van der Waals surface area contributed by atoms with Crippen LogP contribution in [-0.2, 0) is 0 Å². The van der Waals surface area contributed by atoms with E-state index in [4.69, 9.17) is 5.73 Å². The molecule has 1 aliphatic rings. The zero-order valence-electron chi connectivity index (χ0n) is 7.49. The van der Waals surface area contributed by atoms with E-state index in [1.807, 2.05) is 6.07 Å². The maximum absolute atomic E-state index is 13.1. The van der Waals surface area contributed by atoms with E-state index >= 15 is 0 Å². The molecule has 0 radical (unpaired) electrons. The summed E-state index contributed by atoms with van der Waals surface area (Å²) in [6.07, 6.45) is 0. The van der Waals surface area contributed by atoms with Crippen LogP contribution in [0.3, 0.4) is 0 Å². The van der Waals surface area contributed by atoms with Crippen LogP contribution in [0.15, 0.2) is 30.3 Å². The zero-order valence-corrected chi connectivity index (χ0v) is 8.31. The maximum Gasteiger partial charge on any atom is 0.260 e. The summed E-state index contributed by atoms with van der Waals surface area (Å²) in [4.78, 5) is 0. The molecule has 1 fully saturated rings. The van der Waals surface area contributed by atoms with E-state index in [1.165, 1.54) is 0 Å². The average Bonchev–Trinajstić information content (AvgIpc) is 2.69. The largest absolute Gasteiger partial charge is 0.330 e. The van der Waals surface area contributed by atoms with Crippen LogP contribution in [0.5, 0.6) is 0 Å². The van der Waals surface area contributed by atoms with Crippen LogP contribution in [-0.4, -0.2) is 12.5 Å². The number of benzene rings is 1. The summed E-state index contributed by atoms with van der Waals surface area (Å²) in [6, 6.07) is 8.83. The van der Waals surface area contributed by atoms with Gasteiger partial charge in [-0.25, -0.2) is 8.78 Å². The third kappa shape index (κ3) is 1.62. The fourth-order valence-corrected chi connectivity index (χ4v) is 1.80. The van der Waals surface area contributed by atoms with Gasteiger partial charge in [0.1, 0.15) is 0 Å². The fraction of sp³-hybridized carbons (Fsp3) is 0.400. The molecule has 14 heavy (non-hydrogen) atoms. The predicted molar refractivity (Wildman–Crippen MR) is 53.9 cm³/mol. The van der Waals surface area contributed by atoms with Gasteiger partial charge < -0.3 is 5.73 Å². The molecule has 1 aromatic rings. The van der Waals surface area contributed by atoms with Gasteiger partial charge in [0, 0.05) is 12.5 Å². The molecule has 0 heterocycles. The predicted octanol–water partition coefficient (Wildman–Crippen LogP) is 2.42. The second-order valence-corrected chi connectivity index (χ2v) is 3.41. The van der Waals surface area contributed by atoms with Crippen molar-refractivity contribution < 1.29 is 8.78 Å². The Kier molecular flexibility index (Phi) is 3.12. The summed E-state index contributed by atoms with van der Waals surface area (Å²) in [5.74, 6) is -3.90. The van der Waals surface area contributed by atoms with E-state index in [1.54, 1.807) is 24.3 Å². The molecule has 4 heteroatoms. The summed E-state index contributed by atoms with van der Waals surface area (Å²) in [6.45, 7) is 0.0621. The number of hydrogen-bond donors (Lipinski definition) is 1. The molecule has 0 bridgehead atoms. The highest BCUT2D eigenvalue weighted by Crippen LogP contribution is 2.60. The third-order valence-corrected chi connectivity index (χ3v) is 2.61. The molecule has 1 nitrogen and oxygen atoms in total. The molecule has 0 amide bonds. The van der Waals surface area contributed by atoms with E-state index in [0.717, 1.165) is 0 Å². The Morgan fingerprint density at radius 2 is 1.79 bits per heavy atom. The lowest BCUT2D eigenvalue weighted by molar-refractivity contribution is 0.0947. The molecule has 1 aliphatic carbocycles. The second-order valence-electron chi connectivity index (χ2n) is 3.41. The minimum Gasteiger partial charge on any atom is -0.330 e. The van der Waals surface area contributed by atoms with Crippen molar-refractivity contribution in [1.82, 2.24) is 0 Å². The first-order valence-corrected chi connectivity index (χ1v) is 4.30. The summed E-state index contributed by atoms with van der Waals surface area (Å²) in [7, 11) is 0. The molecule has 2 rings (SSSR count). The van der Waals surface area contributed by atoms with Crippen molar-refractivity contribution in [3.8, 4) is 0 Å². The Labute approximate surface area is 87.7 Å². The minimum absolute atomic E-state index is 0. The monoisotopic (exact) mass is 219 g/mol. The fourth-order valence-electron chi connectivity index (χ4n) is 1.80. The summed E-state index contributed by atoms with van der Waals surface area (Å²) in [5.41, 5.74) is 5.95. The van der Waals surface area contributed by atoms with Crippen LogP contribution in [0, 0.1) is 5.92 Å². The van der Waals surface area contributed by atoms with Gasteiger partial charge in [-0.2, -0.15) is 0 Å². The van der Waals surface area contributed by atoms with Crippen molar-refractivity contribution in [2.24, 2.45) is 11.7 Å². The topological polar surface area (TPSA) is 26.0 Å². The van der Waals surface area contributed by atoms with Gasteiger partial charge in [0.2, 0.25) is 0 Å². The summed E-state index contributed by atoms with van der Waals surface area (Å²) < 4.78 is 26.1. The lowest BCUT2D eigenvalue weighted by Gasteiger charge is -1.96.